The molecule has 35 heavy (non-hydrogen) atoms. The molecule has 2 heterocycles. The minimum atomic E-state index is -0.639. The van der Waals surface area contributed by atoms with Gasteiger partial charge in [0, 0.05) is 24.9 Å². The van der Waals surface area contributed by atoms with Crippen molar-refractivity contribution < 1.29 is 9.53 Å². The summed E-state index contributed by atoms with van der Waals surface area (Å²) in [5, 5.41) is 16.2. The van der Waals surface area contributed by atoms with Gasteiger partial charge in [0.05, 0.1) is 6.04 Å². The monoisotopic (exact) mass is 474 g/mol. The molecule has 10 heteroatoms. The number of guanidine groups is 1. The highest BCUT2D eigenvalue weighted by Crippen LogP contribution is 2.33. The fourth-order valence-corrected chi connectivity index (χ4v) is 4.28. The van der Waals surface area contributed by atoms with Gasteiger partial charge in [-0.1, -0.05) is 24.3 Å². The molecule has 1 atom stereocenters. The number of nitrogens with one attached hydrogen (secondary N) is 1. The van der Waals surface area contributed by atoms with Crippen LogP contribution in [-0.4, -0.2) is 44.8 Å². The molecule has 0 radical (unpaired) electrons. The highest BCUT2D eigenvalue weighted by molar-refractivity contribution is 6.03. The van der Waals surface area contributed by atoms with E-state index in [0.29, 0.717) is 23.6 Å². The number of allylic oxidation sites excluding steroid dienone is 1. The van der Waals surface area contributed by atoms with Crippen LogP contribution in [0.5, 0.6) is 11.5 Å². The molecule has 0 saturated carbocycles. The SMILES string of the molecule is CC=CN(C(=N)N)N1CCCC(n2nc(-c3ccc(Oc4ccccc4)cc3)c(C(N)=O)c2N)C1. The molecule has 0 spiro atoms. The van der Waals surface area contributed by atoms with Crippen LogP contribution in [0.15, 0.2) is 66.9 Å². The molecule has 0 bridgehead atoms. The summed E-state index contributed by atoms with van der Waals surface area (Å²) >= 11 is 0. The van der Waals surface area contributed by atoms with E-state index >= 15 is 0 Å². The van der Waals surface area contributed by atoms with Gasteiger partial charge in [-0.15, -0.1) is 0 Å². The van der Waals surface area contributed by atoms with Crippen molar-refractivity contribution in [2.24, 2.45) is 11.5 Å². The molecule has 1 aliphatic heterocycles. The average molecular weight is 475 g/mol. The van der Waals surface area contributed by atoms with Crippen LogP contribution in [0, 0.1) is 5.41 Å². The van der Waals surface area contributed by atoms with Crippen LogP contribution in [0.2, 0.25) is 0 Å². The second kappa shape index (κ2) is 10.3. The Labute approximate surface area is 204 Å². The number of nitrogens with two attached hydrogens (primary N) is 3. The highest BCUT2D eigenvalue weighted by atomic mass is 16.5. The van der Waals surface area contributed by atoms with Crippen LogP contribution >= 0.6 is 0 Å². The molecule has 3 aromatic rings. The Morgan fingerprint density at radius 2 is 1.83 bits per heavy atom. The fourth-order valence-electron chi connectivity index (χ4n) is 4.28. The third-order valence-electron chi connectivity index (χ3n) is 5.86. The number of primary amides is 1. The van der Waals surface area contributed by atoms with Crippen molar-refractivity contribution in [1.82, 2.24) is 19.8 Å². The van der Waals surface area contributed by atoms with Gasteiger partial charge in [0.1, 0.15) is 28.6 Å². The lowest BCUT2D eigenvalue weighted by atomic mass is 10.1. The first-order valence-corrected chi connectivity index (χ1v) is 11.4. The maximum Gasteiger partial charge on any atom is 0.254 e. The first-order valence-electron chi connectivity index (χ1n) is 11.4. The van der Waals surface area contributed by atoms with Gasteiger partial charge in [0.2, 0.25) is 5.96 Å². The topological polar surface area (TPSA) is 153 Å². The molecule has 7 N–H and O–H groups in total. The molecular formula is C25H30N8O2. The van der Waals surface area contributed by atoms with Crippen LogP contribution in [0.1, 0.15) is 36.2 Å². The molecule has 1 unspecified atom stereocenters. The Kier molecular flexibility index (Phi) is 7.02. The Morgan fingerprint density at radius 1 is 1.14 bits per heavy atom. The van der Waals surface area contributed by atoms with Gasteiger partial charge in [0.25, 0.3) is 5.91 Å². The molecule has 2 aromatic carbocycles. The quantitative estimate of drug-likeness (QED) is 0.303. The summed E-state index contributed by atoms with van der Waals surface area (Å²) in [6.45, 7) is 3.13. The zero-order chi connectivity index (χ0) is 24.9. The number of amides is 1. The number of carbonyl (C=O) groups is 1. The van der Waals surface area contributed by atoms with Gasteiger partial charge in [-0.2, -0.15) is 5.10 Å². The van der Waals surface area contributed by atoms with E-state index in [1.807, 2.05) is 72.6 Å². The van der Waals surface area contributed by atoms with Crippen LogP contribution in [0.3, 0.4) is 0 Å². The normalized spacial score (nSPS) is 16.3. The number of benzene rings is 2. The average Bonchev–Trinajstić information content (AvgIpc) is 3.21. The Hall–Kier alpha value is -4.31. The molecular weight excluding hydrogens is 444 g/mol. The van der Waals surface area contributed by atoms with Crippen molar-refractivity contribution in [1.29, 1.82) is 5.41 Å². The highest BCUT2D eigenvalue weighted by Gasteiger charge is 2.30. The van der Waals surface area contributed by atoms with Gasteiger partial charge in [-0.25, -0.2) is 9.69 Å². The zero-order valence-electron chi connectivity index (χ0n) is 19.6. The minimum Gasteiger partial charge on any atom is -0.457 e. The standard InChI is InChI=1S/C25H30N8O2/c1-2-14-32(25(28)29)31-15-6-7-18(16-31)33-23(26)21(24(27)34)22(30-33)17-10-12-20(13-11-17)35-19-8-4-3-5-9-19/h2-5,8-14,18H,6-7,15-16,26H2,1H3,(H2,27,34)(H3,28,29). The van der Waals surface area contributed by atoms with Gasteiger partial charge < -0.3 is 21.9 Å². The number of ether oxygens (including phenoxy) is 1. The van der Waals surface area contributed by atoms with Gasteiger partial charge >= 0.3 is 0 Å². The number of carbonyl (C=O) groups excluding carboxylic acids is 1. The van der Waals surface area contributed by atoms with E-state index in [4.69, 9.17) is 32.4 Å². The predicted octanol–water partition coefficient (Wildman–Crippen LogP) is 3.30. The summed E-state index contributed by atoms with van der Waals surface area (Å²) in [6, 6.07) is 16.6. The number of hydrogen-bond donors (Lipinski definition) is 4. The lowest BCUT2D eigenvalue weighted by molar-refractivity contribution is 0.0377. The third kappa shape index (κ3) is 5.12. The van der Waals surface area contributed by atoms with Crippen LogP contribution in [0.4, 0.5) is 5.82 Å². The lowest BCUT2D eigenvalue weighted by Crippen LogP contribution is -2.50. The van der Waals surface area contributed by atoms with E-state index in [0.717, 1.165) is 25.1 Å². The molecule has 1 fully saturated rings. The van der Waals surface area contributed by atoms with Crippen LogP contribution < -0.4 is 21.9 Å². The number of para-hydroxylation sites is 1. The molecule has 182 valence electrons. The predicted molar refractivity (Wildman–Crippen MR) is 136 cm³/mol. The Balaban J connectivity index is 1.62. The smallest absolute Gasteiger partial charge is 0.254 e. The van der Waals surface area contributed by atoms with Crippen molar-refractivity contribution >= 4 is 17.7 Å². The lowest BCUT2D eigenvalue weighted by Gasteiger charge is -2.39. The van der Waals surface area contributed by atoms with E-state index in [2.05, 4.69) is 0 Å². The number of aromatic nitrogens is 2. The third-order valence-corrected chi connectivity index (χ3v) is 5.86. The second-order valence-electron chi connectivity index (χ2n) is 8.28. The van der Waals surface area contributed by atoms with E-state index in [-0.39, 0.29) is 23.4 Å². The van der Waals surface area contributed by atoms with Crippen LogP contribution in [0.25, 0.3) is 11.3 Å². The van der Waals surface area contributed by atoms with Crippen molar-refractivity contribution in [3.05, 3.63) is 72.4 Å². The van der Waals surface area contributed by atoms with Gasteiger partial charge in [0.15, 0.2) is 0 Å². The maximum atomic E-state index is 12.4. The number of nitrogens with zero attached hydrogens (tertiary/aromatic N) is 4. The van der Waals surface area contributed by atoms with Crippen molar-refractivity contribution in [2.75, 3.05) is 18.8 Å². The molecule has 1 amide bonds. The zero-order valence-corrected chi connectivity index (χ0v) is 19.6. The first kappa shape index (κ1) is 23.8. The molecule has 10 nitrogen and oxygen atoms in total. The van der Waals surface area contributed by atoms with Gasteiger partial charge in [-0.05, 0) is 56.2 Å². The molecule has 1 aromatic heterocycles. The number of piperidine rings is 1. The van der Waals surface area contributed by atoms with Crippen LogP contribution in [-0.2, 0) is 0 Å². The van der Waals surface area contributed by atoms with Crippen molar-refractivity contribution in [2.45, 2.75) is 25.8 Å². The second-order valence-corrected chi connectivity index (χ2v) is 8.28. The first-order chi connectivity index (χ1) is 16.9. The summed E-state index contributed by atoms with van der Waals surface area (Å²) in [4.78, 5) is 12.4. The summed E-state index contributed by atoms with van der Waals surface area (Å²) in [5.74, 6) is 0.897. The van der Waals surface area contributed by atoms with Crippen molar-refractivity contribution in [3.63, 3.8) is 0 Å². The molecule has 4 rings (SSSR count). The van der Waals surface area contributed by atoms with E-state index in [1.54, 1.807) is 15.9 Å². The summed E-state index contributed by atoms with van der Waals surface area (Å²) < 4.78 is 7.53. The molecule has 1 saturated heterocycles. The largest absolute Gasteiger partial charge is 0.457 e. The number of rotatable bonds is 7. The van der Waals surface area contributed by atoms with E-state index < -0.39 is 5.91 Å². The number of anilines is 1. The fraction of sp³-hybridized carbons (Fsp3) is 0.240. The number of hydrogen-bond acceptors (Lipinski definition) is 6. The Bertz CT molecular complexity index is 1220. The molecule has 1 aliphatic rings. The maximum absolute atomic E-state index is 12.4. The molecule has 0 aliphatic carbocycles. The summed E-state index contributed by atoms with van der Waals surface area (Å²) in [5.41, 5.74) is 19.2. The van der Waals surface area contributed by atoms with Crippen molar-refractivity contribution in [3.8, 4) is 22.8 Å². The minimum absolute atomic E-state index is 0.0755. The Morgan fingerprint density at radius 3 is 2.46 bits per heavy atom. The summed E-state index contributed by atoms with van der Waals surface area (Å²) in [6.07, 6.45) is 5.22. The van der Waals surface area contributed by atoms with E-state index in [9.17, 15) is 4.79 Å². The van der Waals surface area contributed by atoms with Gasteiger partial charge in [-0.3, -0.25) is 15.2 Å². The van der Waals surface area contributed by atoms with E-state index in [1.165, 1.54) is 0 Å². The summed E-state index contributed by atoms with van der Waals surface area (Å²) in [7, 11) is 0. The number of hydrazine groups is 1. The number of nitrogen functional groups attached to an aromatic ring is 1.